The van der Waals surface area contributed by atoms with Gasteiger partial charge in [0, 0.05) is 11.3 Å². The van der Waals surface area contributed by atoms with E-state index in [1.807, 2.05) is 89.5 Å². The molecule has 0 bridgehead atoms. The highest BCUT2D eigenvalue weighted by atomic mass is 32.2. The minimum Gasteiger partial charge on any atom is -0.497 e. The molecule has 32 heavy (non-hydrogen) atoms. The molecule has 160 valence electrons. The van der Waals surface area contributed by atoms with Crippen LogP contribution in [0.15, 0.2) is 95.2 Å². The quantitative estimate of drug-likeness (QED) is 0.251. The Morgan fingerprint density at radius 3 is 2.38 bits per heavy atom. The molecule has 0 aliphatic carbocycles. The van der Waals surface area contributed by atoms with Crippen molar-refractivity contribution in [3.63, 3.8) is 0 Å². The standard InChI is InChI=1S/C24H21N5O2S/c1-31-21-14-12-18(13-15-21)16-25-26-22(30)17-32-24-28-27-23(19-8-4-2-5-9-19)29(24)20-10-6-3-7-11-20/h2-16H,17H2,1H3,(H,26,30)/b25-16+. The summed E-state index contributed by atoms with van der Waals surface area (Å²) >= 11 is 1.30. The van der Waals surface area contributed by atoms with Gasteiger partial charge in [-0.15, -0.1) is 10.2 Å². The first kappa shape index (κ1) is 21.3. The van der Waals surface area contributed by atoms with Crippen LogP contribution in [0, 0.1) is 0 Å². The van der Waals surface area contributed by atoms with E-state index in [2.05, 4.69) is 20.7 Å². The number of methoxy groups -OCH3 is 1. The molecule has 0 aliphatic rings. The van der Waals surface area contributed by atoms with Crippen LogP contribution in [0.5, 0.6) is 5.75 Å². The van der Waals surface area contributed by atoms with E-state index in [1.165, 1.54) is 11.8 Å². The smallest absolute Gasteiger partial charge is 0.250 e. The lowest BCUT2D eigenvalue weighted by atomic mass is 10.2. The number of aromatic nitrogens is 3. The normalized spacial score (nSPS) is 10.9. The van der Waals surface area contributed by atoms with Gasteiger partial charge in [-0.1, -0.05) is 60.3 Å². The van der Waals surface area contributed by atoms with Gasteiger partial charge in [-0.25, -0.2) is 5.43 Å². The summed E-state index contributed by atoms with van der Waals surface area (Å²) in [7, 11) is 1.61. The van der Waals surface area contributed by atoms with E-state index in [-0.39, 0.29) is 11.7 Å². The number of nitrogens with one attached hydrogen (secondary N) is 1. The molecule has 0 atom stereocenters. The summed E-state index contributed by atoms with van der Waals surface area (Å²) in [4.78, 5) is 12.3. The number of carbonyl (C=O) groups is 1. The Hall–Kier alpha value is -3.91. The molecule has 0 saturated heterocycles. The van der Waals surface area contributed by atoms with Crippen molar-refractivity contribution in [3.05, 3.63) is 90.5 Å². The molecule has 4 rings (SSSR count). The van der Waals surface area contributed by atoms with Gasteiger partial charge < -0.3 is 4.74 Å². The van der Waals surface area contributed by atoms with E-state index >= 15 is 0 Å². The number of para-hydroxylation sites is 1. The topological polar surface area (TPSA) is 81.4 Å². The number of hydrazone groups is 1. The predicted molar refractivity (Wildman–Crippen MR) is 126 cm³/mol. The molecule has 1 aromatic heterocycles. The van der Waals surface area contributed by atoms with Crippen molar-refractivity contribution >= 4 is 23.9 Å². The maximum atomic E-state index is 12.3. The second-order valence-corrected chi connectivity index (χ2v) is 7.64. The van der Waals surface area contributed by atoms with Gasteiger partial charge in [0.15, 0.2) is 11.0 Å². The third-order valence-corrected chi connectivity index (χ3v) is 5.46. The number of rotatable bonds is 8. The molecule has 1 amide bonds. The van der Waals surface area contributed by atoms with E-state index in [0.717, 1.165) is 28.4 Å². The second kappa shape index (κ2) is 10.4. The summed E-state index contributed by atoms with van der Waals surface area (Å²) in [5, 5.41) is 13.4. The van der Waals surface area contributed by atoms with Gasteiger partial charge in [-0.2, -0.15) is 5.10 Å². The maximum absolute atomic E-state index is 12.3. The number of carbonyl (C=O) groups excluding carboxylic acids is 1. The van der Waals surface area contributed by atoms with Crippen LogP contribution in [0.1, 0.15) is 5.56 Å². The Bertz CT molecular complexity index is 1190. The maximum Gasteiger partial charge on any atom is 0.250 e. The van der Waals surface area contributed by atoms with Crippen molar-refractivity contribution < 1.29 is 9.53 Å². The molecule has 1 heterocycles. The Labute approximate surface area is 190 Å². The molecule has 0 spiro atoms. The Kier molecular flexibility index (Phi) is 6.94. The van der Waals surface area contributed by atoms with Crippen LogP contribution in [0.4, 0.5) is 0 Å². The van der Waals surface area contributed by atoms with Crippen LogP contribution < -0.4 is 10.2 Å². The number of ether oxygens (including phenoxy) is 1. The zero-order valence-electron chi connectivity index (χ0n) is 17.4. The molecule has 0 radical (unpaired) electrons. The van der Waals surface area contributed by atoms with Crippen molar-refractivity contribution in [2.24, 2.45) is 5.10 Å². The average Bonchev–Trinajstić information content (AvgIpc) is 3.28. The van der Waals surface area contributed by atoms with Gasteiger partial charge in [-0.3, -0.25) is 9.36 Å². The van der Waals surface area contributed by atoms with Gasteiger partial charge in [0.05, 0.1) is 19.1 Å². The van der Waals surface area contributed by atoms with E-state index < -0.39 is 0 Å². The Morgan fingerprint density at radius 1 is 1.00 bits per heavy atom. The van der Waals surface area contributed by atoms with E-state index in [4.69, 9.17) is 4.74 Å². The van der Waals surface area contributed by atoms with Crippen LogP contribution in [0.3, 0.4) is 0 Å². The summed E-state index contributed by atoms with van der Waals surface area (Å²) in [6, 6.07) is 27.1. The van der Waals surface area contributed by atoms with Crippen LogP contribution in [0.25, 0.3) is 17.1 Å². The number of benzene rings is 3. The highest BCUT2D eigenvalue weighted by Crippen LogP contribution is 2.27. The van der Waals surface area contributed by atoms with E-state index in [0.29, 0.717) is 5.16 Å². The first-order chi connectivity index (χ1) is 15.7. The van der Waals surface area contributed by atoms with Crippen LogP contribution >= 0.6 is 11.8 Å². The SMILES string of the molecule is COc1ccc(/C=N/NC(=O)CSc2nnc(-c3ccccc3)n2-c2ccccc2)cc1. The van der Waals surface area contributed by atoms with E-state index in [1.54, 1.807) is 13.3 Å². The summed E-state index contributed by atoms with van der Waals surface area (Å²) in [6.45, 7) is 0. The highest BCUT2D eigenvalue weighted by molar-refractivity contribution is 7.99. The minimum absolute atomic E-state index is 0.152. The molecule has 7 nitrogen and oxygen atoms in total. The number of thioether (sulfide) groups is 1. The van der Waals surface area contributed by atoms with Crippen LogP contribution in [-0.4, -0.2) is 39.7 Å². The van der Waals surface area contributed by atoms with E-state index in [9.17, 15) is 4.79 Å². The molecule has 4 aromatic rings. The second-order valence-electron chi connectivity index (χ2n) is 6.70. The highest BCUT2D eigenvalue weighted by Gasteiger charge is 2.16. The molecular weight excluding hydrogens is 422 g/mol. The van der Waals surface area contributed by atoms with Gasteiger partial charge in [0.25, 0.3) is 5.91 Å². The molecule has 0 aliphatic heterocycles. The number of nitrogens with zero attached hydrogens (tertiary/aromatic N) is 4. The number of hydrogen-bond donors (Lipinski definition) is 1. The lowest BCUT2D eigenvalue weighted by Crippen LogP contribution is -2.20. The van der Waals surface area contributed by atoms with Crippen molar-refractivity contribution in [2.45, 2.75) is 5.16 Å². The van der Waals surface area contributed by atoms with Gasteiger partial charge in [-0.05, 0) is 42.0 Å². The zero-order valence-corrected chi connectivity index (χ0v) is 18.2. The molecular formula is C24H21N5O2S. The third kappa shape index (κ3) is 5.22. The molecule has 0 fully saturated rings. The summed E-state index contributed by atoms with van der Waals surface area (Å²) in [5.74, 6) is 1.40. The monoisotopic (exact) mass is 443 g/mol. The van der Waals surface area contributed by atoms with Gasteiger partial charge in [0.2, 0.25) is 0 Å². The number of amides is 1. The number of hydrogen-bond acceptors (Lipinski definition) is 6. The zero-order chi connectivity index (χ0) is 22.2. The van der Waals surface area contributed by atoms with Crippen LogP contribution in [-0.2, 0) is 4.79 Å². The lowest BCUT2D eigenvalue weighted by molar-refractivity contribution is -0.118. The van der Waals surface area contributed by atoms with Crippen molar-refractivity contribution in [1.82, 2.24) is 20.2 Å². The first-order valence-electron chi connectivity index (χ1n) is 9.89. The van der Waals surface area contributed by atoms with Crippen LogP contribution in [0.2, 0.25) is 0 Å². The van der Waals surface area contributed by atoms with Crippen molar-refractivity contribution in [1.29, 1.82) is 0 Å². The Balaban J connectivity index is 1.45. The lowest BCUT2D eigenvalue weighted by Gasteiger charge is -2.10. The first-order valence-corrected chi connectivity index (χ1v) is 10.9. The summed E-state index contributed by atoms with van der Waals surface area (Å²) in [5.41, 5.74) is 5.28. The van der Waals surface area contributed by atoms with Crippen molar-refractivity contribution in [3.8, 4) is 22.8 Å². The molecule has 0 unspecified atom stereocenters. The van der Waals surface area contributed by atoms with Gasteiger partial charge >= 0.3 is 0 Å². The molecule has 1 N–H and O–H groups in total. The van der Waals surface area contributed by atoms with Crippen molar-refractivity contribution in [2.75, 3.05) is 12.9 Å². The summed E-state index contributed by atoms with van der Waals surface area (Å²) < 4.78 is 7.08. The fraction of sp³-hybridized carbons (Fsp3) is 0.0833. The predicted octanol–water partition coefficient (Wildman–Crippen LogP) is 4.19. The molecule has 3 aromatic carbocycles. The third-order valence-electron chi connectivity index (χ3n) is 4.53. The molecule has 0 saturated carbocycles. The fourth-order valence-electron chi connectivity index (χ4n) is 2.98. The van der Waals surface area contributed by atoms with Gasteiger partial charge in [0.1, 0.15) is 5.75 Å². The average molecular weight is 444 g/mol. The summed E-state index contributed by atoms with van der Waals surface area (Å²) in [6.07, 6.45) is 1.59. The Morgan fingerprint density at radius 2 is 1.69 bits per heavy atom. The largest absolute Gasteiger partial charge is 0.497 e. The minimum atomic E-state index is -0.233. The fourth-order valence-corrected chi connectivity index (χ4v) is 3.72. The molecule has 8 heteroatoms.